The zero-order valence-corrected chi connectivity index (χ0v) is 38.5. The highest BCUT2D eigenvalue weighted by molar-refractivity contribution is 6.35. The van der Waals surface area contributed by atoms with Crippen LogP contribution in [0.5, 0.6) is 5.75 Å². The molecule has 9 rings (SSSR count). The third-order valence-corrected chi connectivity index (χ3v) is 14.1. The van der Waals surface area contributed by atoms with Crippen LogP contribution >= 0.6 is 23.2 Å². The Labute approximate surface area is 386 Å². The standard InChI is InChI=1S/C46H54Cl2N10O7/c1-25(2)58-35-7-5-28(17-27(35)18-38(45(58)63)64-24-40(60)49-4)51-42-34(47)21-50-46(53-42)54-13-11-30(12-14-54)65-31-19-29(20-31)55-15-16-56(26(3)22-55)36-8-6-32-33(41(36)48)23-57(44(32)62)37-9-10-39(59)52-43(37)61/h5-8,17-18,21,25-26,29-31,37H,9-16,19-20,22-24H2,1-4H3,(H,49,60)(H,50,51,53)(H,52,59,61)/t26-,29?,31?,37?/m1/s1. The number of hydrogen-bond donors (Lipinski definition) is 3. The summed E-state index contributed by atoms with van der Waals surface area (Å²) in [5.74, 6) is -0.173. The molecule has 65 heavy (non-hydrogen) atoms. The summed E-state index contributed by atoms with van der Waals surface area (Å²) >= 11 is 13.6. The van der Waals surface area contributed by atoms with E-state index in [1.54, 1.807) is 21.7 Å². The maximum Gasteiger partial charge on any atom is 0.293 e. The highest BCUT2D eigenvalue weighted by atomic mass is 35.5. The molecule has 344 valence electrons. The number of piperazine rings is 1. The summed E-state index contributed by atoms with van der Waals surface area (Å²) in [4.78, 5) is 80.7. The number of nitrogens with one attached hydrogen (secondary N) is 3. The van der Waals surface area contributed by atoms with Crippen molar-refractivity contribution in [2.45, 2.75) is 102 Å². The van der Waals surface area contributed by atoms with Crippen LogP contribution in [0.1, 0.15) is 81.3 Å². The molecule has 1 unspecified atom stereocenters. The Hall–Kier alpha value is -5.49. The number of aromatic nitrogens is 3. The van der Waals surface area contributed by atoms with E-state index >= 15 is 0 Å². The molecule has 4 fully saturated rings. The molecule has 19 heteroatoms. The number of piperidine rings is 2. The molecule has 17 nitrogen and oxygen atoms in total. The van der Waals surface area contributed by atoms with Gasteiger partial charge in [-0.15, -0.1) is 0 Å². The third kappa shape index (κ3) is 8.95. The minimum atomic E-state index is -0.680. The van der Waals surface area contributed by atoms with Crippen molar-refractivity contribution in [1.82, 2.24) is 35.0 Å². The van der Waals surface area contributed by atoms with Gasteiger partial charge in [0, 0.05) is 93.1 Å². The molecule has 4 amide bonds. The number of hydrogen-bond acceptors (Lipinski definition) is 13. The van der Waals surface area contributed by atoms with Gasteiger partial charge in [0.1, 0.15) is 11.1 Å². The van der Waals surface area contributed by atoms with Gasteiger partial charge in [0.2, 0.25) is 17.8 Å². The lowest BCUT2D eigenvalue weighted by atomic mass is 9.86. The summed E-state index contributed by atoms with van der Waals surface area (Å²) in [7, 11) is 1.51. The molecule has 0 spiro atoms. The lowest BCUT2D eigenvalue weighted by Gasteiger charge is -2.50. The number of halogens is 2. The van der Waals surface area contributed by atoms with Gasteiger partial charge in [-0.3, -0.25) is 34.2 Å². The van der Waals surface area contributed by atoms with Crippen LogP contribution in [-0.4, -0.2) is 125 Å². The Morgan fingerprint density at radius 2 is 1.75 bits per heavy atom. The lowest BCUT2D eigenvalue weighted by molar-refractivity contribution is -0.137. The maximum atomic E-state index is 13.3. The van der Waals surface area contributed by atoms with Crippen LogP contribution in [0.4, 0.5) is 23.1 Å². The topological polar surface area (TPSA) is 184 Å². The molecule has 0 radical (unpaired) electrons. The number of fused-ring (bicyclic) bond motifs is 2. The summed E-state index contributed by atoms with van der Waals surface area (Å²) in [6, 6.07) is 10.9. The zero-order chi connectivity index (χ0) is 45.7. The van der Waals surface area contributed by atoms with Crippen molar-refractivity contribution in [1.29, 1.82) is 0 Å². The molecular weight excluding hydrogens is 875 g/mol. The normalized spacial score (nSPS) is 22.9. The van der Waals surface area contributed by atoms with Gasteiger partial charge in [-0.25, -0.2) is 4.98 Å². The summed E-state index contributed by atoms with van der Waals surface area (Å²) in [6.45, 7) is 10.1. The van der Waals surface area contributed by atoms with Gasteiger partial charge in [-0.2, -0.15) is 4.98 Å². The number of amides is 4. The molecule has 6 heterocycles. The van der Waals surface area contributed by atoms with Crippen molar-refractivity contribution in [2.24, 2.45) is 0 Å². The number of pyridine rings is 1. The minimum Gasteiger partial charge on any atom is -0.478 e. The highest BCUT2D eigenvalue weighted by Gasteiger charge is 2.42. The second-order valence-corrected chi connectivity index (χ2v) is 18.7. The first-order valence-corrected chi connectivity index (χ1v) is 23.2. The van der Waals surface area contributed by atoms with Crippen LogP contribution in [0.15, 0.2) is 47.4 Å². The summed E-state index contributed by atoms with van der Waals surface area (Å²) in [5.41, 5.74) is 3.29. The van der Waals surface area contributed by atoms with Gasteiger partial charge in [-0.1, -0.05) is 23.2 Å². The second kappa shape index (κ2) is 18.4. The average Bonchev–Trinajstić information content (AvgIpc) is 3.61. The number of benzene rings is 2. The highest BCUT2D eigenvalue weighted by Crippen LogP contribution is 2.40. The first-order valence-electron chi connectivity index (χ1n) is 22.5. The second-order valence-electron chi connectivity index (χ2n) is 17.9. The predicted octanol–water partition coefficient (Wildman–Crippen LogP) is 5.04. The van der Waals surface area contributed by atoms with Crippen LogP contribution in [0, 0.1) is 0 Å². The smallest absolute Gasteiger partial charge is 0.293 e. The molecule has 1 aliphatic carbocycles. The van der Waals surface area contributed by atoms with Crippen LogP contribution in [0.2, 0.25) is 10.0 Å². The fourth-order valence-electron chi connectivity index (χ4n) is 9.86. The number of carbonyl (C=O) groups is 4. The molecule has 0 bridgehead atoms. The number of nitrogens with zero attached hydrogens (tertiary/aromatic N) is 7. The fourth-order valence-corrected chi connectivity index (χ4v) is 10.3. The van der Waals surface area contributed by atoms with Crippen molar-refractivity contribution in [2.75, 3.05) is 61.5 Å². The number of ether oxygens (including phenoxy) is 2. The van der Waals surface area contributed by atoms with Crippen LogP contribution < -0.4 is 36.0 Å². The Morgan fingerprint density at radius 1 is 0.969 bits per heavy atom. The SMILES string of the molecule is CNC(=O)COc1cc2cc(Nc3nc(N4CCC(OC5CC(N6CCN(c7ccc8c(c7Cl)CN(C7CCC(=O)NC7=O)C8=O)[C@H](C)C6)C5)CC4)ncc3Cl)ccc2n(C(C)C)c1=O. The van der Waals surface area contributed by atoms with Crippen molar-refractivity contribution in [3.05, 3.63) is 74.1 Å². The van der Waals surface area contributed by atoms with Gasteiger partial charge < -0.3 is 39.4 Å². The summed E-state index contributed by atoms with van der Waals surface area (Å²) < 4.78 is 13.9. The van der Waals surface area contributed by atoms with E-state index in [9.17, 15) is 24.0 Å². The molecule has 2 atom stereocenters. The van der Waals surface area contributed by atoms with Crippen LogP contribution in [0.3, 0.4) is 0 Å². The molecule has 2 aromatic carbocycles. The third-order valence-electron chi connectivity index (χ3n) is 13.4. The maximum absolute atomic E-state index is 13.3. The monoisotopic (exact) mass is 928 g/mol. The molecule has 2 aromatic heterocycles. The van der Waals surface area contributed by atoms with Gasteiger partial charge in [0.15, 0.2) is 18.2 Å². The molecular formula is C46H54Cl2N10O7. The molecule has 3 N–H and O–H groups in total. The first kappa shape index (κ1) is 44.7. The van der Waals surface area contributed by atoms with Crippen LogP contribution in [-0.2, 0) is 25.7 Å². The quantitative estimate of drug-likeness (QED) is 0.161. The van der Waals surface area contributed by atoms with Crippen molar-refractivity contribution >= 4 is 80.9 Å². The van der Waals surface area contributed by atoms with E-state index in [4.69, 9.17) is 37.7 Å². The summed E-state index contributed by atoms with van der Waals surface area (Å²) in [6.07, 6.45) is 6.21. The van der Waals surface area contributed by atoms with E-state index in [1.807, 2.05) is 44.2 Å². The van der Waals surface area contributed by atoms with E-state index < -0.39 is 11.9 Å². The van der Waals surface area contributed by atoms with E-state index in [0.29, 0.717) is 45.5 Å². The van der Waals surface area contributed by atoms with Gasteiger partial charge in [-0.05, 0) is 89.3 Å². The first-order chi connectivity index (χ1) is 31.3. The molecule has 3 saturated heterocycles. The van der Waals surface area contributed by atoms with Crippen molar-refractivity contribution in [3.8, 4) is 5.75 Å². The fraction of sp³-hybridized carbons (Fsp3) is 0.500. The van der Waals surface area contributed by atoms with Gasteiger partial charge >= 0.3 is 0 Å². The zero-order valence-electron chi connectivity index (χ0n) is 36.9. The van der Waals surface area contributed by atoms with Crippen molar-refractivity contribution in [3.63, 3.8) is 0 Å². The molecule has 4 aromatic rings. The number of carbonyl (C=O) groups excluding carboxylic acids is 4. The average molecular weight is 930 g/mol. The Morgan fingerprint density at radius 3 is 2.48 bits per heavy atom. The minimum absolute atomic E-state index is 0.0900. The Kier molecular flexibility index (Phi) is 12.7. The van der Waals surface area contributed by atoms with Gasteiger partial charge in [0.05, 0.1) is 34.6 Å². The molecule has 1 saturated carbocycles. The summed E-state index contributed by atoms with van der Waals surface area (Å²) in [5, 5.41) is 9.87. The van der Waals surface area contributed by atoms with E-state index in [0.717, 1.165) is 80.6 Å². The number of imide groups is 1. The van der Waals surface area contributed by atoms with Gasteiger partial charge in [0.25, 0.3) is 17.4 Å². The lowest BCUT2D eigenvalue weighted by Crippen LogP contribution is -2.59. The number of anilines is 4. The van der Waals surface area contributed by atoms with E-state index in [2.05, 4.69) is 42.6 Å². The molecule has 5 aliphatic rings. The number of likely N-dealkylation sites (N-methyl/N-ethyl adjacent to an activating group) is 1. The largest absolute Gasteiger partial charge is 0.478 e. The molecule has 4 aliphatic heterocycles. The van der Waals surface area contributed by atoms with E-state index in [1.165, 1.54) is 7.05 Å². The predicted molar refractivity (Wildman–Crippen MR) is 247 cm³/mol. The van der Waals surface area contributed by atoms with Crippen LogP contribution in [0.25, 0.3) is 10.9 Å². The Bertz CT molecular complexity index is 2600. The Balaban J connectivity index is 0.756. The van der Waals surface area contributed by atoms with Crippen molar-refractivity contribution < 1.29 is 28.7 Å². The van der Waals surface area contributed by atoms with E-state index in [-0.39, 0.29) is 72.9 Å². The number of rotatable bonds is 12.